The minimum absolute atomic E-state index is 0.0135. The van der Waals surface area contributed by atoms with Crippen LogP contribution in [0.3, 0.4) is 0 Å². The molecule has 1 aromatic carbocycles. The van der Waals surface area contributed by atoms with Gasteiger partial charge in [0, 0.05) is 42.5 Å². The van der Waals surface area contributed by atoms with Gasteiger partial charge in [0.05, 0.1) is 32.0 Å². The van der Waals surface area contributed by atoms with Gasteiger partial charge in [0.25, 0.3) is 11.8 Å². The molecule has 0 fully saturated rings. The van der Waals surface area contributed by atoms with Gasteiger partial charge in [-0.3, -0.25) is 14.4 Å². The van der Waals surface area contributed by atoms with Crippen LogP contribution in [0.25, 0.3) is 0 Å². The standard InChI is InChI=1S/C24H35N5O9/c1-14(25)21(15(2)26)23(34)29-19(24(35)36)13-28-22(33)16-10-17(31)12-18(11-16)38-7-3-5-27-20(32)4-8-37-9-6-30/h10-12,19,25,30-31H,3-9,13,26H2,1-2H3,(H,27,32)(H,28,33)(H,29,34)(H,35,36)/t19-/m0/s1. The Balaban J connectivity index is 2.62. The number of nitrogens with one attached hydrogen (secondary N) is 4. The van der Waals surface area contributed by atoms with E-state index in [2.05, 4.69) is 16.0 Å². The zero-order chi connectivity index (χ0) is 28.7. The highest BCUT2D eigenvalue weighted by Crippen LogP contribution is 2.22. The first kappa shape index (κ1) is 31.9. The van der Waals surface area contributed by atoms with Gasteiger partial charge >= 0.3 is 5.97 Å². The zero-order valence-corrected chi connectivity index (χ0v) is 21.3. The average molecular weight is 538 g/mol. The lowest BCUT2D eigenvalue weighted by Gasteiger charge is -2.17. The van der Waals surface area contributed by atoms with Crippen molar-refractivity contribution >= 4 is 29.4 Å². The number of ether oxygens (including phenoxy) is 2. The Kier molecular flexibility index (Phi) is 13.9. The molecule has 0 aromatic heterocycles. The van der Waals surface area contributed by atoms with E-state index in [1.807, 2.05) is 0 Å². The largest absolute Gasteiger partial charge is 0.508 e. The molecule has 0 unspecified atom stereocenters. The highest BCUT2D eigenvalue weighted by molar-refractivity contribution is 6.20. The van der Waals surface area contributed by atoms with Crippen molar-refractivity contribution in [3.05, 3.63) is 35.0 Å². The minimum atomic E-state index is -1.51. The maximum atomic E-state index is 12.6. The monoisotopic (exact) mass is 537 g/mol. The third kappa shape index (κ3) is 11.7. The number of amides is 3. The fourth-order valence-corrected chi connectivity index (χ4v) is 3.08. The van der Waals surface area contributed by atoms with Crippen LogP contribution in [0.2, 0.25) is 0 Å². The summed E-state index contributed by atoms with van der Waals surface area (Å²) in [5.74, 6) is -3.30. The first-order chi connectivity index (χ1) is 18.0. The number of carbonyl (C=O) groups excluding carboxylic acids is 3. The summed E-state index contributed by atoms with van der Waals surface area (Å²) in [5.41, 5.74) is 5.33. The van der Waals surface area contributed by atoms with E-state index in [1.54, 1.807) is 0 Å². The van der Waals surface area contributed by atoms with E-state index in [1.165, 1.54) is 26.0 Å². The van der Waals surface area contributed by atoms with Crippen molar-refractivity contribution in [1.82, 2.24) is 16.0 Å². The summed E-state index contributed by atoms with van der Waals surface area (Å²) in [6.07, 6.45) is 0.597. The van der Waals surface area contributed by atoms with Crippen molar-refractivity contribution in [1.29, 1.82) is 5.41 Å². The van der Waals surface area contributed by atoms with Crippen molar-refractivity contribution in [3.63, 3.8) is 0 Å². The van der Waals surface area contributed by atoms with Gasteiger partial charge < -0.3 is 51.9 Å². The van der Waals surface area contributed by atoms with Gasteiger partial charge in [-0.15, -0.1) is 0 Å². The number of phenols is 1. The van der Waals surface area contributed by atoms with Crippen LogP contribution in [-0.2, 0) is 19.1 Å². The fourth-order valence-electron chi connectivity index (χ4n) is 3.08. The third-order valence-electron chi connectivity index (χ3n) is 4.84. The normalized spacial score (nSPS) is 12.1. The number of phenolic OH excluding ortho intramolecular Hbond substituents is 1. The maximum Gasteiger partial charge on any atom is 0.328 e. The molecule has 14 nitrogen and oxygen atoms in total. The molecule has 1 aromatic rings. The van der Waals surface area contributed by atoms with E-state index >= 15 is 0 Å². The molecule has 1 rings (SSSR count). The van der Waals surface area contributed by atoms with Gasteiger partial charge in [0.1, 0.15) is 17.5 Å². The maximum absolute atomic E-state index is 12.6. The number of aliphatic hydroxyl groups excluding tert-OH is 1. The van der Waals surface area contributed by atoms with Crippen LogP contribution in [0.1, 0.15) is 37.0 Å². The molecule has 9 N–H and O–H groups in total. The van der Waals surface area contributed by atoms with E-state index in [-0.39, 0.29) is 72.8 Å². The topological polar surface area (TPSA) is 233 Å². The molecule has 0 radical (unpaired) electrons. The van der Waals surface area contributed by atoms with Crippen molar-refractivity contribution < 1.29 is 44.0 Å². The number of carboxylic acids is 1. The summed E-state index contributed by atoms with van der Waals surface area (Å²) in [4.78, 5) is 48.2. The fraction of sp³-hybridized carbons (Fsp3) is 0.458. The van der Waals surface area contributed by atoms with Crippen molar-refractivity contribution in [3.8, 4) is 11.5 Å². The number of carboxylic acid groups (broad SMARTS) is 1. The Hall–Kier alpha value is -4.17. The summed E-state index contributed by atoms with van der Waals surface area (Å²) in [6, 6.07) is 2.28. The van der Waals surface area contributed by atoms with Crippen LogP contribution >= 0.6 is 0 Å². The Morgan fingerprint density at radius 1 is 1.08 bits per heavy atom. The smallest absolute Gasteiger partial charge is 0.328 e. The van der Waals surface area contributed by atoms with Gasteiger partial charge in [0.15, 0.2) is 0 Å². The van der Waals surface area contributed by atoms with E-state index in [0.717, 1.165) is 6.07 Å². The van der Waals surface area contributed by atoms with Crippen LogP contribution < -0.4 is 26.4 Å². The number of rotatable bonds is 17. The number of aliphatic hydroxyl groups is 1. The summed E-state index contributed by atoms with van der Waals surface area (Å²) in [6.45, 7) is 3.00. The quantitative estimate of drug-likeness (QED) is 0.0703. The van der Waals surface area contributed by atoms with Crippen LogP contribution in [-0.4, -0.2) is 90.3 Å². The molecular formula is C24H35N5O9. The molecule has 0 saturated heterocycles. The molecule has 0 aliphatic rings. The Bertz CT molecular complexity index is 1040. The number of aliphatic carboxylic acids is 1. The number of hydrogen-bond acceptors (Lipinski definition) is 10. The van der Waals surface area contributed by atoms with Crippen LogP contribution in [0.4, 0.5) is 0 Å². The lowest BCUT2D eigenvalue weighted by molar-refractivity contribution is -0.141. The number of hydrogen-bond donors (Lipinski definition) is 8. The molecule has 0 heterocycles. The summed E-state index contributed by atoms with van der Waals surface area (Å²) >= 11 is 0. The lowest BCUT2D eigenvalue weighted by Crippen LogP contribution is -2.49. The average Bonchev–Trinajstić information content (AvgIpc) is 2.83. The van der Waals surface area contributed by atoms with Gasteiger partial charge in [-0.1, -0.05) is 0 Å². The summed E-state index contributed by atoms with van der Waals surface area (Å²) < 4.78 is 10.5. The Morgan fingerprint density at radius 3 is 2.39 bits per heavy atom. The molecule has 0 aliphatic carbocycles. The van der Waals surface area contributed by atoms with Crippen molar-refractivity contribution in [2.24, 2.45) is 5.73 Å². The van der Waals surface area contributed by atoms with Crippen molar-refractivity contribution in [2.45, 2.75) is 32.7 Å². The lowest BCUT2D eigenvalue weighted by atomic mass is 10.1. The Labute approximate surface area is 219 Å². The second kappa shape index (κ2) is 16.6. The second-order valence-corrected chi connectivity index (χ2v) is 8.11. The van der Waals surface area contributed by atoms with Crippen LogP contribution in [0.15, 0.2) is 29.5 Å². The van der Waals surface area contributed by atoms with Gasteiger partial charge in [0.2, 0.25) is 5.91 Å². The molecule has 0 spiro atoms. The van der Waals surface area contributed by atoms with E-state index in [0.29, 0.717) is 13.0 Å². The third-order valence-corrected chi connectivity index (χ3v) is 4.84. The number of allylic oxidation sites excluding steroid dienone is 1. The van der Waals surface area contributed by atoms with Gasteiger partial charge in [-0.2, -0.15) is 0 Å². The molecule has 1 atom stereocenters. The molecule has 38 heavy (non-hydrogen) atoms. The molecular weight excluding hydrogens is 502 g/mol. The second-order valence-electron chi connectivity index (χ2n) is 8.11. The number of benzene rings is 1. The number of nitrogens with two attached hydrogens (primary N) is 1. The zero-order valence-electron chi connectivity index (χ0n) is 21.3. The molecule has 210 valence electrons. The predicted octanol–water partition coefficient (Wildman–Crippen LogP) is -0.752. The first-order valence-corrected chi connectivity index (χ1v) is 11.7. The number of aromatic hydroxyl groups is 1. The van der Waals surface area contributed by atoms with E-state index in [4.69, 9.17) is 25.7 Å². The first-order valence-electron chi connectivity index (χ1n) is 11.7. The summed E-state index contributed by atoms with van der Waals surface area (Å²) in [7, 11) is 0. The van der Waals surface area contributed by atoms with Gasteiger partial charge in [-0.05, 0) is 32.4 Å². The highest BCUT2D eigenvalue weighted by atomic mass is 16.5. The molecule has 3 amide bonds. The van der Waals surface area contributed by atoms with E-state index in [9.17, 15) is 29.4 Å². The van der Waals surface area contributed by atoms with Crippen molar-refractivity contribution in [2.75, 3.05) is 39.5 Å². The molecule has 0 aliphatic heterocycles. The molecule has 0 saturated carbocycles. The van der Waals surface area contributed by atoms with E-state index < -0.39 is 30.4 Å². The summed E-state index contributed by atoms with van der Waals surface area (Å²) in [5, 5.41) is 42.9. The van der Waals surface area contributed by atoms with Crippen LogP contribution in [0.5, 0.6) is 11.5 Å². The highest BCUT2D eigenvalue weighted by Gasteiger charge is 2.24. The SMILES string of the molecule is CC(=N)C(C(=O)N[C@@H](CNC(=O)c1cc(O)cc(OCCCNC(=O)CCOCCO)c1)C(=O)O)=C(C)N. The van der Waals surface area contributed by atoms with Crippen LogP contribution in [0, 0.1) is 5.41 Å². The molecule has 14 heteroatoms. The number of carbonyl (C=O) groups is 4. The van der Waals surface area contributed by atoms with Gasteiger partial charge in [-0.25, -0.2) is 4.79 Å². The molecule has 0 bridgehead atoms. The Morgan fingerprint density at radius 2 is 1.79 bits per heavy atom. The minimum Gasteiger partial charge on any atom is -0.508 e. The predicted molar refractivity (Wildman–Crippen MR) is 136 cm³/mol.